The molecule has 3 unspecified atom stereocenters. The van der Waals surface area contributed by atoms with Gasteiger partial charge in [-0.05, 0) is 47.3 Å². The van der Waals surface area contributed by atoms with Crippen LogP contribution in [-0.4, -0.2) is 0 Å². The number of hydrogen-bond acceptors (Lipinski definition) is 0. The van der Waals surface area contributed by atoms with E-state index in [0.717, 1.165) is 11.8 Å². The van der Waals surface area contributed by atoms with Crippen LogP contribution in [0.3, 0.4) is 0 Å². The van der Waals surface area contributed by atoms with E-state index in [9.17, 15) is 0 Å². The van der Waals surface area contributed by atoms with Crippen molar-refractivity contribution >= 4 is 0 Å². The minimum atomic E-state index is 0.401. The summed E-state index contributed by atoms with van der Waals surface area (Å²) in [5.41, 5.74) is 1.43. The zero-order valence-corrected chi connectivity index (χ0v) is 11.9. The van der Waals surface area contributed by atoms with Crippen molar-refractivity contribution in [3.8, 4) is 0 Å². The van der Waals surface area contributed by atoms with E-state index >= 15 is 0 Å². The standard InChI is InChI=1S/C16H28/c1-12-14(2,3)11-8-13-15(4,5)9-7-10-16(12,13)6/h7,9,12-13H,8,10-11H2,1-6H3. The molecule has 0 amide bonds. The van der Waals surface area contributed by atoms with Gasteiger partial charge in [0.1, 0.15) is 0 Å². The predicted molar refractivity (Wildman–Crippen MR) is 71.3 cm³/mol. The Hall–Kier alpha value is -0.260. The lowest BCUT2D eigenvalue weighted by Gasteiger charge is -2.59. The Bertz CT molecular complexity index is 308. The summed E-state index contributed by atoms with van der Waals surface area (Å²) in [4.78, 5) is 0. The molecule has 92 valence electrons. The highest BCUT2D eigenvalue weighted by atomic mass is 14.6. The van der Waals surface area contributed by atoms with E-state index in [0.29, 0.717) is 16.2 Å². The molecule has 0 aromatic rings. The smallest absolute Gasteiger partial charge is 0.0141 e. The van der Waals surface area contributed by atoms with Crippen molar-refractivity contribution in [1.29, 1.82) is 0 Å². The number of allylic oxidation sites excluding steroid dienone is 2. The van der Waals surface area contributed by atoms with Gasteiger partial charge in [-0.25, -0.2) is 0 Å². The van der Waals surface area contributed by atoms with Gasteiger partial charge in [-0.2, -0.15) is 0 Å². The van der Waals surface area contributed by atoms with E-state index in [-0.39, 0.29) is 0 Å². The fraction of sp³-hybridized carbons (Fsp3) is 0.875. The zero-order valence-electron chi connectivity index (χ0n) is 11.9. The zero-order chi connectivity index (χ0) is 12.2. The van der Waals surface area contributed by atoms with E-state index in [2.05, 4.69) is 53.7 Å². The summed E-state index contributed by atoms with van der Waals surface area (Å²) in [6.45, 7) is 14.8. The monoisotopic (exact) mass is 220 g/mol. The summed E-state index contributed by atoms with van der Waals surface area (Å²) in [7, 11) is 0. The SMILES string of the molecule is CC1C(C)(C)CCC2C(C)(C)C=CCC21C. The van der Waals surface area contributed by atoms with Gasteiger partial charge >= 0.3 is 0 Å². The first-order valence-corrected chi connectivity index (χ1v) is 6.88. The molecule has 0 N–H and O–H groups in total. The third kappa shape index (κ3) is 1.57. The van der Waals surface area contributed by atoms with Crippen LogP contribution in [0.25, 0.3) is 0 Å². The molecule has 3 atom stereocenters. The van der Waals surface area contributed by atoms with Gasteiger partial charge in [-0.15, -0.1) is 0 Å². The van der Waals surface area contributed by atoms with Crippen LogP contribution in [0.4, 0.5) is 0 Å². The fourth-order valence-corrected chi connectivity index (χ4v) is 4.53. The maximum absolute atomic E-state index is 2.54. The summed E-state index contributed by atoms with van der Waals surface area (Å²) in [6.07, 6.45) is 8.99. The van der Waals surface area contributed by atoms with Crippen LogP contribution >= 0.6 is 0 Å². The average Bonchev–Trinajstić information content (AvgIpc) is 2.12. The minimum Gasteiger partial charge on any atom is -0.0874 e. The lowest BCUT2D eigenvalue weighted by atomic mass is 9.45. The molecule has 0 saturated heterocycles. The maximum Gasteiger partial charge on any atom is -0.0141 e. The Morgan fingerprint density at radius 3 is 2.31 bits per heavy atom. The van der Waals surface area contributed by atoms with E-state index in [4.69, 9.17) is 0 Å². The summed E-state index contributed by atoms with van der Waals surface area (Å²) >= 11 is 0. The Morgan fingerprint density at radius 1 is 1.06 bits per heavy atom. The van der Waals surface area contributed by atoms with Crippen LogP contribution in [0.5, 0.6) is 0 Å². The van der Waals surface area contributed by atoms with Gasteiger partial charge in [0.2, 0.25) is 0 Å². The normalized spacial score (nSPS) is 45.1. The molecule has 1 saturated carbocycles. The Balaban J connectivity index is 2.40. The van der Waals surface area contributed by atoms with Crippen molar-refractivity contribution in [3.63, 3.8) is 0 Å². The topological polar surface area (TPSA) is 0 Å². The van der Waals surface area contributed by atoms with E-state index in [1.807, 2.05) is 0 Å². The summed E-state index contributed by atoms with van der Waals surface area (Å²) in [5, 5.41) is 0. The molecule has 0 heteroatoms. The summed E-state index contributed by atoms with van der Waals surface area (Å²) < 4.78 is 0. The second-order valence-electron chi connectivity index (χ2n) is 7.74. The van der Waals surface area contributed by atoms with Crippen molar-refractivity contribution in [2.45, 2.75) is 60.8 Å². The molecule has 0 aliphatic heterocycles. The molecule has 0 bridgehead atoms. The van der Waals surface area contributed by atoms with Gasteiger partial charge in [0.05, 0.1) is 0 Å². The van der Waals surface area contributed by atoms with Crippen molar-refractivity contribution in [2.75, 3.05) is 0 Å². The van der Waals surface area contributed by atoms with Gasteiger partial charge in [0, 0.05) is 0 Å². The van der Waals surface area contributed by atoms with Crippen LogP contribution in [0.15, 0.2) is 12.2 Å². The lowest BCUT2D eigenvalue weighted by molar-refractivity contribution is -0.0774. The van der Waals surface area contributed by atoms with Gasteiger partial charge in [-0.1, -0.05) is 53.7 Å². The highest BCUT2D eigenvalue weighted by Crippen LogP contribution is 2.62. The number of hydrogen-bond donors (Lipinski definition) is 0. The molecule has 0 aromatic carbocycles. The summed E-state index contributed by atoms with van der Waals surface area (Å²) in [6, 6.07) is 0. The van der Waals surface area contributed by atoms with E-state index in [1.54, 1.807) is 0 Å². The number of rotatable bonds is 0. The van der Waals surface area contributed by atoms with Crippen LogP contribution in [0, 0.1) is 28.1 Å². The molecular formula is C16H28. The van der Waals surface area contributed by atoms with Gasteiger partial charge in [0.25, 0.3) is 0 Å². The number of fused-ring (bicyclic) bond motifs is 1. The first kappa shape index (κ1) is 12.2. The van der Waals surface area contributed by atoms with Crippen molar-refractivity contribution in [2.24, 2.45) is 28.1 Å². The van der Waals surface area contributed by atoms with E-state index in [1.165, 1.54) is 19.3 Å². The Labute approximate surface area is 102 Å². The quantitative estimate of drug-likeness (QED) is 0.501. The molecule has 16 heavy (non-hydrogen) atoms. The summed E-state index contributed by atoms with van der Waals surface area (Å²) in [5.74, 6) is 1.69. The second kappa shape index (κ2) is 3.37. The van der Waals surface area contributed by atoms with Gasteiger partial charge in [-0.3, -0.25) is 0 Å². The maximum atomic E-state index is 2.54. The molecule has 2 aliphatic rings. The third-order valence-corrected chi connectivity index (χ3v) is 6.04. The highest BCUT2D eigenvalue weighted by molar-refractivity contribution is 5.14. The van der Waals surface area contributed by atoms with Gasteiger partial charge < -0.3 is 0 Å². The third-order valence-electron chi connectivity index (χ3n) is 6.04. The average molecular weight is 220 g/mol. The van der Waals surface area contributed by atoms with Crippen LogP contribution < -0.4 is 0 Å². The largest absolute Gasteiger partial charge is 0.0874 e. The lowest BCUT2D eigenvalue weighted by Crippen LogP contribution is -2.51. The van der Waals surface area contributed by atoms with Crippen molar-refractivity contribution < 1.29 is 0 Å². The molecule has 0 heterocycles. The Morgan fingerprint density at radius 2 is 1.69 bits per heavy atom. The van der Waals surface area contributed by atoms with Crippen molar-refractivity contribution in [1.82, 2.24) is 0 Å². The molecule has 1 fully saturated rings. The van der Waals surface area contributed by atoms with Crippen LogP contribution in [0.1, 0.15) is 60.8 Å². The van der Waals surface area contributed by atoms with E-state index < -0.39 is 0 Å². The van der Waals surface area contributed by atoms with Crippen LogP contribution in [-0.2, 0) is 0 Å². The van der Waals surface area contributed by atoms with Crippen molar-refractivity contribution in [3.05, 3.63) is 12.2 Å². The Kier molecular flexibility index (Phi) is 2.57. The molecule has 2 rings (SSSR count). The molecule has 0 spiro atoms. The van der Waals surface area contributed by atoms with Gasteiger partial charge in [0.15, 0.2) is 0 Å². The molecule has 2 aliphatic carbocycles. The highest BCUT2D eigenvalue weighted by Gasteiger charge is 2.53. The molecular weight excluding hydrogens is 192 g/mol. The first-order chi connectivity index (χ1) is 7.20. The molecule has 0 aromatic heterocycles. The predicted octanol–water partition coefficient (Wildman–Crippen LogP) is 5.05. The van der Waals surface area contributed by atoms with Crippen LogP contribution in [0.2, 0.25) is 0 Å². The minimum absolute atomic E-state index is 0.401. The second-order valence-corrected chi connectivity index (χ2v) is 7.74. The molecule has 0 nitrogen and oxygen atoms in total. The molecule has 0 radical (unpaired) electrons. The first-order valence-electron chi connectivity index (χ1n) is 6.88. The fourth-order valence-electron chi connectivity index (χ4n) is 4.53.